The van der Waals surface area contributed by atoms with E-state index >= 15 is 0 Å². The van der Waals surface area contributed by atoms with E-state index in [0.717, 1.165) is 6.42 Å². The van der Waals surface area contributed by atoms with Gasteiger partial charge in [-0.25, -0.2) is 0 Å². The number of rotatable bonds is 8. The quantitative estimate of drug-likeness (QED) is 0.585. The van der Waals surface area contributed by atoms with Crippen molar-refractivity contribution in [2.24, 2.45) is 5.92 Å². The van der Waals surface area contributed by atoms with Crippen molar-refractivity contribution in [2.75, 3.05) is 6.61 Å². The van der Waals surface area contributed by atoms with Gasteiger partial charge in [0.15, 0.2) is 6.29 Å². The molecule has 3 heteroatoms. The molecule has 15 heavy (non-hydrogen) atoms. The Labute approximate surface area is 93.1 Å². The van der Waals surface area contributed by atoms with E-state index in [0.29, 0.717) is 18.9 Å². The van der Waals surface area contributed by atoms with Gasteiger partial charge >= 0.3 is 0 Å². The molecule has 0 aliphatic heterocycles. The molecule has 0 rings (SSSR count). The van der Waals surface area contributed by atoms with Crippen LogP contribution in [0.15, 0.2) is 0 Å². The Balaban J connectivity index is 3.77. The molecule has 0 aromatic carbocycles. The van der Waals surface area contributed by atoms with Gasteiger partial charge in [-0.05, 0) is 40.0 Å². The summed E-state index contributed by atoms with van der Waals surface area (Å²) < 4.78 is 11.0. The van der Waals surface area contributed by atoms with Crippen molar-refractivity contribution < 1.29 is 14.3 Å². The van der Waals surface area contributed by atoms with Gasteiger partial charge in [-0.1, -0.05) is 6.92 Å². The van der Waals surface area contributed by atoms with Gasteiger partial charge in [-0.3, -0.25) is 0 Å². The van der Waals surface area contributed by atoms with Gasteiger partial charge in [-0.15, -0.1) is 0 Å². The first-order valence-corrected chi connectivity index (χ1v) is 5.73. The molecule has 3 atom stereocenters. The van der Waals surface area contributed by atoms with E-state index in [-0.39, 0.29) is 18.2 Å². The lowest BCUT2D eigenvalue weighted by Crippen LogP contribution is -2.25. The number of Topliss-reactive ketones (excluding diaryl/α,β-unsaturated/α-hetero) is 1. The molecule has 0 saturated carbocycles. The molecule has 0 N–H and O–H groups in total. The number of carbonyl (C=O) groups excluding carboxylic acids is 1. The largest absolute Gasteiger partial charge is 0.353 e. The zero-order valence-corrected chi connectivity index (χ0v) is 10.6. The molecule has 0 aliphatic carbocycles. The number of hydrogen-bond donors (Lipinski definition) is 0. The predicted molar refractivity (Wildman–Crippen MR) is 60.7 cm³/mol. The lowest BCUT2D eigenvalue weighted by Gasteiger charge is -2.23. The second-order valence-corrected chi connectivity index (χ2v) is 4.08. The summed E-state index contributed by atoms with van der Waals surface area (Å²) in [5.74, 6) is 0.628. The standard InChI is InChI=1S/C12H24O3/c1-6-14-12(5)15-11(4)9(2)7-8-10(3)13/h9,11-12H,6-8H2,1-5H3/t9?,11-,12?/m1/s1. The van der Waals surface area contributed by atoms with Gasteiger partial charge in [0.25, 0.3) is 0 Å². The van der Waals surface area contributed by atoms with Crippen LogP contribution in [0.4, 0.5) is 0 Å². The van der Waals surface area contributed by atoms with E-state index in [1.807, 2.05) is 20.8 Å². The molecule has 2 unspecified atom stereocenters. The molecule has 0 heterocycles. The lowest BCUT2D eigenvalue weighted by atomic mass is 9.99. The number of ketones is 1. The number of hydrogen-bond acceptors (Lipinski definition) is 3. The van der Waals surface area contributed by atoms with Gasteiger partial charge < -0.3 is 14.3 Å². The fraction of sp³-hybridized carbons (Fsp3) is 0.917. The van der Waals surface area contributed by atoms with Gasteiger partial charge in [0.05, 0.1) is 6.10 Å². The van der Waals surface area contributed by atoms with E-state index in [1.165, 1.54) is 0 Å². The lowest BCUT2D eigenvalue weighted by molar-refractivity contribution is -0.164. The third-order valence-corrected chi connectivity index (χ3v) is 2.56. The van der Waals surface area contributed by atoms with Gasteiger partial charge in [0, 0.05) is 13.0 Å². The molecule has 0 aromatic rings. The van der Waals surface area contributed by atoms with Crippen LogP contribution in [0, 0.1) is 5.92 Å². The monoisotopic (exact) mass is 216 g/mol. The van der Waals surface area contributed by atoms with Crippen molar-refractivity contribution >= 4 is 5.78 Å². The Kier molecular flexibility index (Phi) is 7.61. The van der Waals surface area contributed by atoms with Crippen LogP contribution in [0.25, 0.3) is 0 Å². The highest BCUT2D eigenvalue weighted by Gasteiger charge is 2.16. The Morgan fingerprint density at radius 1 is 1.27 bits per heavy atom. The fourth-order valence-electron chi connectivity index (χ4n) is 1.38. The summed E-state index contributed by atoms with van der Waals surface area (Å²) >= 11 is 0. The van der Waals surface area contributed by atoms with Crippen LogP contribution >= 0.6 is 0 Å². The average molecular weight is 216 g/mol. The maximum atomic E-state index is 10.8. The van der Waals surface area contributed by atoms with Crippen LogP contribution in [0.5, 0.6) is 0 Å². The summed E-state index contributed by atoms with van der Waals surface area (Å²) in [6.45, 7) is 10.3. The maximum absolute atomic E-state index is 10.8. The topological polar surface area (TPSA) is 35.5 Å². The first-order valence-electron chi connectivity index (χ1n) is 5.73. The molecule has 0 aliphatic rings. The van der Waals surface area contributed by atoms with Crippen LogP contribution < -0.4 is 0 Å². The minimum atomic E-state index is -0.162. The van der Waals surface area contributed by atoms with Crippen molar-refractivity contribution in [3.8, 4) is 0 Å². The second-order valence-electron chi connectivity index (χ2n) is 4.08. The van der Waals surface area contributed by atoms with Crippen LogP contribution in [-0.4, -0.2) is 24.8 Å². The second kappa shape index (κ2) is 7.83. The molecule has 0 aromatic heterocycles. The summed E-state index contributed by atoms with van der Waals surface area (Å²) in [5.41, 5.74) is 0. The van der Waals surface area contributed by atoms with Crippen molar-refractivity contribution in [3.05, 3.63) is 0 Å². The molecular formula is C12H24O3. The van der Waals surface area contributed by atoms with Gasteiger partial charge in [-0.2, -0.15) is 0 Å². The third-order valence-electron chi connectivity index (χ3n) is 2.56. The smallest absolute Gasteiger partial charge is 0.155 e. The summed E-state index contributed by atoms with van der Waals surface area (Å²) in [5, 5.41) is 0. The highest BCUT2D eigenvalue weighted by Crippen LogP contribution is 2.15. The molecule has 0 amide bonds. The van der Waals surface area contributed by atoms with E-state index in [4.69, 9.17) is 9.47 Å². The van der Waals surface area contributed by atoms with Crippen LogP contribution in [-0.2, 0) is 14.3 Å². The van der Waals surface area contributed by atoms with Crippen molar-refractivity contribution in [1.82, 2.24) is 0 Å². The SMILES string of the molecule is CCOC(C)O[C@H](C)C(C)CCC(C)=O. The Morgan fingerprint density at radius 3 is 2.33 bits per heavy atom. The summed E-state index contributed by atoms with van der Waals surface area (Å²) in [6.07, 6.45) is 1.49. The minimum Gasteiger partial charge on any atom is -0.353 e. The minimum absolute atomic E-state index is 0.130. The Hall–Kier alpha value is -0.410. The van der Waals surface area contributed by atoms with E-state index in [1.54, 1.807) is 6.92 Å². The Morgan fingerprint density at radius 2 is 1.87 bits per heavy atom. The highest BCUT2D eigenvalue weighted by molar-refractivity contribution is 5.75. The van der Waals surface area contributed by atoms with Crippen LogP contribution in [0.3, 0.4) is 0 Å². The summed E-state index contributed by atoms with van der Waals surface area (Å²) in [4.78, 5) is 10.8. The van der Waals surface area contributed by atoms with Crippen LogP contribution in [0.2, 0.25) is 0 Å². The zero-order valence-electron chi connectivity index (χ0n) is 10.6. The first kappa shape index (κ1) is 14.6. The third kappa shape index (κ3) is 7.51. The molecule has 3 nitrogen and oxygen atoms in total. The van der Waals surface area contributed by atoms with Crippen molar-refractivity contribution in [1.29, 1.82) is 0 Å². The maximum Gasteiger partial charge on any atom is 0.155 e. The molecular weight excluding hydrogens is 192 g/mol. The van der Waals surface area contributed by atoms with Gasteiger partial charge in [0.1, 0.15) is 5.78 Å². The summed E-state index contributed by atoms with van der Waals surface area (Å²) in [6, 6.07) is 0. The first-order chi connectivity index (χ1) is 6.97. The molecule has 0 spiro atoms. The Bertz CT molecular complexity index is 180. The average Bonchev–Trinajstić information content (AvgIpc) is 2.14. The fourth-order valence-corrected chi connectivity index (χ4v) is 1.38. The van der Waals surface area contributed by atoms with Crippen molar-refractivity contribution in [3.63, 3.8) is 0 Å². The highest BCUT2D eigenvalue weighted by atomic mass is 16.7. The number of carbonyl (C=O) groups is 1. The van der Waals surface area contributed by atoms with Gasteiger partial charge in [0.2, 0.25) is 0 Å². The normalized spacial score (nSPS) is 17.1. The molecule has 0 fully saturated rings. The molecule has 0 saturated heterocycles. The molecule has 90 valence electrons. The summed E-state index contributed by atoms with van der Waals surface area (Å²) in [7, 11) is 0. The zero-order chi connectivity index (χ0) is 11.8. The van der Waals surface area contributed by atoms with E-state index in [9.17, 15) is 4.79 Å². The van der Waals surface area contributed by atoms with E-state index < -0.39 is 0 Å². The van der Waals surface area contributed by atoms with E-state index in [2.05, 4.69) is 6.92 Å². The van der Waals surface area contributed by atoms with Crippen molar-refractivity contribution in [2.45, 2.75) is 59.9 Å². The molecule has 0 radical (unpaired) electrons. The van der Waals surface area contributed by atoms with Crippen LogP contribution in [0.1, 0.15) is 47.5 Å². The number of ether oxygens (including phenoxy) is 2. The molecule has 0 bridgehead atoms. The predicted octanol–water partition coefficient (Wildman–Crippen LogP) is 2.78.